The van der Waals surface area contributed by atoms with E-state index in [-0.39, 0.29) is 23.0 Å². The van der Waals surface area contributed by atoms with Crippen LogP contribution in [0, 0.1) is 17.1 Å². The quantitative estimate of drug-likeness (QED) is 0.566. The average Bonchev–Trinajstić information content (AvgIpc) is 3.39. The van der Waals surface area contributed by atoms with Crippen molar-refractivity contribution in [1.29, 1.82) is 5.26 Å². The number of imide groups is 1. The van der Waals surface area contributed by atoms with Gasteiger partial charge < -0.3 is 4.42 Å². The molecule has 1 aromatic carbocycles. The maximum atomic E-state index is 13.1. The van der Waals surface area contributed by atoms with Crippen molar-refractivity contribution < 1.29 is 18.4 Å². The predicted octanol–water partition coefficient (Wildman–Crippen LogP) is 4.62. The third kappa shape index (κ3) is 3.40. The van der Waals surface area contributed by atoms with Crippen LogP contribution in [0.2, 0.25) is 0 Å². The Hall–Kier alpha value is -3.46. The zero-order valence-electron chi connectivity index (χ0n) is 15.9. The first-order chi connectivity index (χ1) is 14.0. The van der Waals surface area contributed by atoms with Crippen LogP contribution in [0.1, 0.15) is 38.4 Å². The van der Waals surface area contributed by atoms with Crippen molar-refractivity contribution in [2.75, 3.05) is 0 Å². The van der Waals surface area contributed by atoms with Gasteiger partial charge in [0.25, 0.3) is 11.8 Å². The fourth-order valence-corrected chi connectivity index (χ4v) is 3.94. The van der Waals surface area contributed by atoms with Crippen molar-refractivity contribution in [2.24, 2.45) is 0 Å². The number of carbonyl (C=O) groups excluding carboxylic acids is 2. The van der Waals surface area contributed by atoms with E-state index in [0.29, 0.717) is 22.7 Å². The summed E-state index contributed by atoms with van der Waals surface area (Å²) in [5, 5.41) is 9.49. The maximum Gasteiger partial charge on any atom is 0.271 e. The molecule has 0 N–H and O–H groups in total. The lowest BCUT2D eigenvalue weighted by molar-refractivity contribution is -0.143. The number of furan rings is 1. The Bertz CT molecular complexity index is 1080. The van der Waals surface area contributed by atoms with Crippen LogP contribution in [-0.4, -0.2) is 22.8 Å². The van der Waals surface area contributed by atoms with Gasteiger partial charge in [-0.3, -0.25) is 14.5 Å². The number of amides is 2. The van der Waals surface area contributed by atoms with E-state index in [4.69, 9.17) is 4.42 Å². The standard InChI is InChI=1S/C23H19FN2O3/c1-14-19(12-18-10-11-21(29-18)15-6-8-16(24)9-7-15)22(27)26(17-4-2-3-5-17)23(28)20(14)13-25/h6-12,17H,2-5H2,1H3/b19-12+. The summed E-state index contributed by atoms with van der Waals surface area (Å²) in [6.45, 7) is 1.61. The van der Waals surface area contributed by atoms with E-state index in [1.165, 1.54) is 17.0 Å². The zero-order chi connectivity index (χ0) is 20.5. The van der Waals surface area contributed by atoms with Crippen molar-refractivity contribution in [3.05, 3.63) is 64.7 Å². The third-order valence-electron chi connectivity index (χ3n) is 5.50. The number of halogens is 1. The van der Waals surface area contributed by atoms with Gasteiger partial charge in [0.1, 0.15) is 29.0 Å². The molecule has 1 aliphatic heterocycles. The van der Waals surface area contributed by atoms with Crippen LogP contribution in [0.3, 0.4) is 0 Å². The van der Waals surface area contributed by atoms with E-state index in [9.17, 15) is 19.2 Å². The summed E-state index contributed by atoms with van der Waals surface area (Å²) in [7, 11) is 0. The summed E-state index contributed by atoms with van der Waals surface area (Å²) in [5.41, 5.74) is 1.34. The number of hydrogen-bond donors (Lipinski definition) is 0. The summed E-state index contributed by atoms with van der Waals surface area (Å²) in [5.74, 6) is -0.281. The monoisotopic (exact) mass is 390 g/mol. The maximum absolute atomic E-state index is 13.1. The van der Waals surface area contributed by atoms with Crippen molar-refractivity contribution in [1.82, 2.24) is 4.90 Å². The van der Waals surface area contributed by atoms with Crippen LogP contribution < -0.4 is 0 Å². The normalized spacial score (nSPS) is 19.3. The van der Waals surface area contributed by atoms with Gasteiger partial charge >= 0.3 is 0 Å². The minimum Gasteiger partial charge on any atom is -0.457 e. The molecule has 2 heterocycles. The molecule has 6 heteroatoms. The van der Waals surface area contributed by atoms with E-state index in [0.717, 1.165) is 25.7 Å². The summed E-state index contributed by atoms with van der Waals surface area (Å²) < 4.78 is 18.9. The second kappa shape index (κ2) is 7.51. The second-order valence-corrected chi connectivity index (χ2v) is 7.30. The number of rotatable bonds is 3. The zero-order valence-corrected chi connectivity index (χ0v) is 15.9. The van der Waals surface area contributed by atoms with Crippen molar-refractivity contribution in [3.8, 4) is 17.4 Å². The lowest BCUT2D eigenvalue weighted by atomic mass is 9.93. The summed E-state index contributed by atoms with van der Waals surface area (Å²) in [6, 6.07) is 11.1. The summed E-state index contributed by atoms with van der Waals surface area (Å²) in [6.07, 6.45) is 5.02. The van der Waals surface area contributed by atoms with E-state index < -0.39 is 11.8 Å². The average molecular weight is 390 g/mol. The van der Waals surface area contributed by atoms with Gasteiger partial charge in [0.05, 0.1) is 0 Å². The second-order valence-electron chi connectivity index (χ2n) is 7.30. The highest BCUT2D eigenvalue weighted by Gasteiger charge is 2.40. The highest BCUT2D eigenvalue weighted by molar-refractivity contribution is 6.19. The van der Waals surface area contributed by atoms with Gasteiger partial charge in [0.15, 0.2) is 0 Å². The SMILES string of the molecule is CC1=C(C#N)C(=O)N(C2CCCC2)C(=O)/C1=C/c1ccc(-c2ccc(F)cc2)o1. The molecule has 0 bridgehead atoms. The molecule has 1 aliphatic carbocycles. The van der Waals surface area contributed by atoms with E-state index >= 15 is 0 Å². The molecule has 0 spiro atoms. The van der Waals surface area contributed by atoms with Crippen LogP contribution in [0.25, 0.3) is 17.4 Å². The molecule has 5 nitrogen and oxygen atoms in total. The van der Waals surface area contributed by atoms with Gasteiger partial charge in [-0.15, -0.1) is 0 Å². The summed E-state index contributed by atoms with van der Waals surface area (Å²) >= 11 is 0. The Kier molecular flexibility index (Phi) is 4.89. The highest BCUT2D eigenvalue weighted by atomic mass is 19.1. The molecule has 1 aromatic heterocycles. The minimum atomic E-state index is -0.509. The van der Waals surface area contributed by atoms with Crippen molar-refractivity contribution in [3.63, 3.8) is 0 Å². The number of nitriles is 1. The van der Waals surface area contributed by atoms with E-state index in [1.54, 1.807) is 37.3 Å². The molecular formula is C23H19FN2O3. The van der Waals surface area contributed by atoms with Crippen LogP contribution in [0.15, 0.2) is 57.5 Å². The Morgan fingerprint density at radius 2 is 1.79 bits per heavy atom. The molecular weight excluding hydrogens is 371 g/mol. The highest BCUT2D eigenvalue weighted by Crippen LogP contribution is 2.33. The molecule has 29 heavy (non-hydrogen) atoms. The molecule has 2 aliphatic rings. The van der Waals surface area contributed by atoms with E-state index in [2.05, 4.69) is 0 Å². The molecule has 146 valence electrons. The smallest absolute Gasteiger partial charge is 0.271 e. The Morgan fingerprint density at radius 3 is 2.45 bits per heavy atom. The molecule has 2 aromatic rings. The van der Waals surface area contributed by atoms with Gasteiger partial charge in [-0.05, 0) is 67.8 Å². The minimum absolute atomic E-state index is 0.00642. The molecule has 4 rings (SSSR count). The first-order valence-corrected chi connectivity index (χ1v) is 9.56. The largest absolute Gasteiger partial charge is 0.457 e. The molecule has 0 radical (unpaired) electrons. The lowest BCUT2D eigenvalue weighted by Crippen LogP contribution is -2.47. The number of nitrogens with zero attached hydrogens (tertiary/aromatic N) is 2. The number of benzene rings is 1. The molecule has 0 unspecified atom stereocenters. The molecule has 0 atom stereocenters. The van der Waals surface area contributed by atoms with Gasteiger partial charge in [-0.2, -0.15) is 5.26 Å². The number of carbonyl (C=O) groups is 2. The van der Waals surface area contributed by atoms with Crippen LogP contribution in [0.4, 0.5) is 4.39 Å². The predicted molar refractivity (Wildman–Crippen MR) is 105 cm³/mol. The van der Waals surface area contributed by atoms with Gasteiger partial charge in [0.2, 0.25) is 0 Å². The van der Waals surface area contributed by atoms with Crippen LogP contribution >= 0.6 is 0 Å². The first kappa shape index (κ1) is 18.9. The molecule has 0 saturated heterocycles. The topological polar surface area (TPSA) is 74.3 Å². The van der Waals surface area contributed by atoms with E-state index in [1.807, 2.05) is 6.07 Å². The molecule has 1 saturated carbocycles. The molecule has 1 fully saturated rings. The fourth-order valence-electron chi connectivity index (χ4n) is 3.94. The molecule has 2 amide bonds. The first-order valence-electron chi connectivity index (χ1n) is 9.56. The number of hydrogen-bond acceptors (Lipinski definition) is 4. The third-order valence-corrected chi connectivity index (χ3v) is 5.50. The summed E-state index contributed by atoms with van der Waals surface area (Å²) in [4.78, 5) is 27.1. The fraction of sp³-hybridized carbons (Fsp3) is 0.261. The van der Waals surface area contributed by atoms with Gasteiger partial charge in [0, 0.05) is 17.2 Å². The Balaban J connectivity index is 1.72. The van der Waals surface area contributed by atoms with Crippen LogP contribution in [0.5, 0.6) is 0 Å². The van der Waals surface area contributed by atoms with Crippen LogP contribution in [-0.2, 0) is 9.59 Å². The Morgan fingerprint density at radius 1 is 1.10 bits per heavy atom. The lowest BCUT2D eigenvalue weighted by Gasteiger charge is -2.31. The van der Waals surface area contributed by atoms with Crippen molar-refractivity contribution >= 4 is 17.9 Å². The van der Waals surface area contributed by atoms with Crippen molar-refractivity contribution in [2.45, 2.75) is 38.6 Å². The van der Waals surface area contributed by atoms with Gasteiger partial charge in [-0.1, -0.05) is 12.8 Å². The Labute approximate surface area is 167 Å². The van der Waals surface area contributed by atoms with Gasteiger partial charge in [-0.25, -0.2) is 4.39 Å².